The summed E-state index contributed by atoms with van der Waals surface area (Å²) in [5, 5.41) is 13.5. The molecular formula is C28H33N5O2. The first-order valence-electron chi connectivity index (χ1n) is 12.3. The van der Waals surface area contributed by atoms with E-state index in [0.29, 0.717) is 11.3 Å². The van der Waals surface area contributed by atoms with Crippen LogP contribution in [-0.2, 0) is 0 Å². The van der Waals surface area contributed by atoms with E-state index in [1.165, 1.54) is 44.9 Å². The Bertz CT molecular complexity index is 1160. The molecule has 0 atom stereocenters. The Morgan fingerprint density at radius 3 is 2.37 bits per heavy atom. The number of hydrazone groups is 1. The first-order chi connectivity index (χ1) is 17.2. The normalized spacial score (nSPS) is 10.9. The zero-order valence-corrected chi connectivity index (χ0v) is 20.3. The summed E-state index contributed by atoms with van der Waals surface area (Å²) < 4.78 is 5.83. The zero-order valence-electron chi connectivity index (χ0n) is 20.3. The molecule has 1 heterocycles. The van der Waals surface area contributed by atoms with Gasteiger partial charge in [0.2, 0.25) is 5.95 Å². The summed E-state index contributed by atoms with van der Waals surface area (Å²) in [5.74, 6) is 0.998. The molecule has 7 nitrogen and oxygen atoms in total. The number of hydrogen-bond donors (Lipinski definition) is 2. The van der Waals surface area contributed by atoms with E-state index < -0.39 is 5.56 Å². The predicted molar refractivity (Wildman–Crippen MR) is 141 cm³/mol. The second-order valence-electron chi connectivity index (χ2n) is 8.38. The molecule has 0 aliphatic rings. The Morgan fingerprint density at radius 2 is 1.69 bits per heavy atom. The molecule has 0 unspecified atom stereocenters. The van der Waals surface area contributed by atoms with Crippen LogP contribution >= 0.6 is 0 Å². The number of anilines is 1. The molecule has 3 aromatic rings. The van der Waals surface area contributed by atoms with Gasteiger partial charge in [-0.2, -0.15) is 10.4 Å². The van der Waals surface area contributed by atoms with Crippen molar-refractivity contribution >= 4 is 12.2 Å². The van der Waals surface area contributed by atoms with Crippen molar-refractivity contribution in [2.24, 2.45) is 5.10 Å². The van der Waals surface area contributed by atoms with Crippen LogP contribution in [0.4, 0.5) is 5.95 Å². The molecular weight excluding hydrogens is 438 g/mol. The smallest absolute Gasteiger partial charge is 0.270 e. The van der Waals surface area contributed by atoms with Gasteiger partial charge >= 0.3 is 0 Å². The molecule has 7 heteroatoms. The van der Waals surface area contributed by atoms with Gasteiger partial charge in [-0.15, -0.1) is 0 Å². The molecule has 0 bridgehead atoms. The second kappa shape index (κ2) is 14.4. The number of nitrogens with one attached hydrogen (secondary N) is 2. The number of aromatic amines is 1. The van der Waals surface area contributed by atoms with Crippen molar-refractivity contribution in [2.45, 2.75) is 58.3 Å². The quantitative estimate of drug-likeness (QED) is 0.164. The molecule has 0 fully saturated rings. The van der Waals surface area contributed by atoms with Crippen LogP contribution in [0.25, 0.3) is 11.3 Å². The second-order valence-corrected chi connectivity index (χ2v) is 8.38. The van der Waals surface area contributed by atoms with Crippen LogP contribution in [0.15, 0.2) is 64.5 Å². The first-order valence-corrected chi connectivity index (χ1v) is 12.3. The van der Waals surface area contributed by atoms with E-state index in [1.807, 2.05) is 48.5 Å². The minimum Gasteiger partial charge on any atom is -0.494 e. The molecule has 2 N–H and O–H groups in total. The van der Waals surface area contributed by atoms with Crippen LogP contribution in [0, 0.1) is 11.3 Å². The van der Waals surface area contributed by atoms with E-state index >= 15 is 0 Å². The van der Waals surface area contributed by atoms with Crippen LogP contribution in [0.5, 0.6) is 5.75 Å². The maximum absolute atomic E-state index is 12.3. The SMILES string of the molecule is CCCCCCCCCCOc1ccc(C=NNc2nc(-c3ccccc3)c(C#N)c(=O)[nH]2)cc1. The standard InChI is InChI=1S/C28H33N5O2/c1-2-3-4-5-6-7-8-12-19-35-24-17-15-22(16-18-24)21-30-33-28-31-26(23-13-10-9-11-14-23)25(20-29)27(34)32-28/h9-11,13-18,21H,2-8,12,19H2,1H3,(H2,31,32,33,34). The van der Waals surface area contributed by atoms with Crippen LogP contribution < -0.4 is 15.7 Å². The van der Waals surface area contributed by atoms with Crippen LogP contribution in [-0.4, -0.2) is 22.8 Å². The molecule has 0 aliphatic carbocycles. The number of unbranched alkanes of at least 4 members (excludes halogenated alkanes) is 7. The number of aromatic nitrogens is 2. The summed E-state index contributed by atoms with van der Waals surface area (Å²) in [6.07, 6.45) is 11.8. The summed E-state index contributed by atoms with van der Waals surface area (Å²) in [5.41, 5.74) is 4.06. The van der Waals surface area contributed by atoms with Crippen LogP contribution in [0.3, 0.4) is 0 Å². The van der Waals surface area contributed by atoms with E-state index in [4.69, 9.17) is 4.74 Å². The van der Waals surface area contributed by atoms with Crippen molar-refractivity contribution in [1.82, 2.24) is 9.97 Å². The number of hydrogen-bond acceptors (Lipinski definition) is 6. The highest BCUT2D eigenvalue weighted by molar-refractivity contribution is 5.80. The topological polar surface area (TPSA) is 103 Å². The van der Waals surface area contributed by atoms with Gasteiger partial charge in [-0.25, -0.2) is 10.4 Å². The molecule has 1 aromatic heterocycles. The summed E-state index contributed by atoms with van der Waals surface area (Å²) in [6.45, 7) is 2.97. The van der Waals surface area contributed by atoms with E-state index in [-0.39, 0.29) is 11.5 Å². The van der Waals surface area contributed by atoms with Gasteiger partial charge in [-0.3, -0.25) is 9.78 Å². The maximum Gasteiger partial charge on any atom is 0.270 e. The predicted octanol–water partition coefficient (Wildman–Crippen LogP) is 6.27. The monoisotopic (exact) mass is 471 g/mol. The van der Waals surface area contributed by atoms with Crippen molar-refractivity contribution in [1.29, 1.82) is 5.26 Å². The molecule has 0 saturated heterocycles. The summed E-state index contributed by atoms with van der Waals surface area (Å²) >= 11 is 0. The highest BCUT2D eigenvalue weighted by atomic mass is 16.5. The van der Waals surface area contributed by atoms with Gasteiger partial charge in [0.05, 0.1) is 18.5 Å². The average Bonchev–Trinajstić information content (AvgIpc) is 2.89. The fourth-order valence-electron chi connectivity index (χ4n) is 3.68. The lowest BCUT2D eigenvalue weighted by Gasteiger charge is -2.07. The minimum absolute atomic E-state index is 0.0340. The van der Waals surface area contributed by atoms with E-state index in [2.05, 4.69) is 27.4 Å². The van der Waals surface area contributed by atoms with Crippen LogP contribution in [0.1, 0.15) is 69.4 Å². The van der Waals surface area contributed by atoms with E-state index in [9.17, 15) is 10.1 Å². The largest absolute Gasteiger partial charge is 0.494 e. The molecule has 0 saturated carbocycles. The Balaban J connectivity index is 1.48. The van der Waals surface area contributed by atoms with Crippen molar-refractivity contribution in [3.05, 3.63) is 76.1 Å². The van der Waals surface area contributed by atoms with Gasteiger partial charge in [-0.05, 0) is 36.2 Å². The third-order valence-corrected chi connectivity index (χ3v) is 5.61. The fourth-order valence-corrected chi connectivity index (χ4v) is 3.68. The van der Waals surface area contributed by atoms with E-state index in [0.717, 1.165) is 24.3 Å². The number of ether oxygens (including phenoxy) is 1. The Kier molecular flexibility index (Phi) is 10.5. The van der Waals surface area contributed by atoms with Gasteiger partial charge in [0.1, 0.15) is 17.4 Å². The maximum atomic E-state index is 12.3. The highest BCUT2D eigenvalue weighted by Crippen LogP contribution is 2.19. The van der Waals surface area contributed by atoms with E-state index in [1.54, 1.807) is 18.3 Å². The van der Waals surface area contributed by atoms with Crippen molar-refractivity contribution < 1.29 is 4.74 Å². The molecule has 0 radical (unpaired) electrons. The fraction of sp³-hybridized carbons (Fsp3) is 0.357. The molecule has 182 valence electrons. The first kappa shape index (κ1) is 25.7. The zero-order chi connectivity index (χ0) is 24.7. The minimum atomic E-state index is -0.517. The third kappa shape index (κ3) is 8.42. The molecule has 0 spiro atoms. The lowest BCUT2D eigenvalue weighted by Crippen LogP contribution is -2.16. The molecule has 2 aromatic carbocycles. The summed E-state index contributed by atoms with van der Waals surface area (Å²) in [6, 6.07) is 18.7. The Hall–Kier alpha value is -3.92. The van der Waals surface area contributed by atoms with Gasteiger partial charge < -0.3 is 4.74 Å². The lowest BCUT2D eigenvalue weighted by atomic mass is 10.1. The number of benzene rings is 2. The molecule has 3 rings (SSSR count). The van der Waals surface area contributed by atoms with Gasteiger partial charge in [0, 0.05) is 5.56 Å². The number of H-pyrrole nitrogens is 1. The Labute approximate surface area is 206 Å². The summed E-state index contributed by atoms with van der Waals surface area (Å²) in [4.78, 5) is 19.2. The molecule has 35 heavy (non-hydrogen) atoms. The summed E-state index contributed by atoms with van der Waals surface area (Å²) in [7, 11) is 0. The van der Waals surface area contributed by atoms with Gasteiger partial charge in [-0.1, -0.05) is 82.2 Å². The Morgan fingerprint density at radius 1 is 1.00 bits per heavy atom. The highest BCUT2D eigenvalue weighted by Gasteiger charge is 2.12. The van der Waals surface area contributed by atoms with Crippen molar-refractivity contribution in [3.63, 3.8) is 0 Å². The number of nitriles is 1. The number of nitrogens with zero attached hydrogens (tertiary/aromatic N) is 3. The van der Waals surface area contributed by atoms with Crippen LogP contribution in [0.2, 0.25) is 0 Å². The lowest BCUT2D eigenvalue weighted by molar-refractivity contribution is 0.304. The average molecular weight is 472 g/mol. The molecule has 0 amide bonds. The van der Waals surface area contributed by atoms with Crippen molar-refractivity contribution in [3.8, 4) is 23.1 Å². The number of rotatable bonds is 14. The van der Waals surface area contributed by atoms with Gasteiger partial charge in [0.25, 0.3) is 5.56 Å². The third-order valence-electron chi connectivity index (χ3n) is 5.61. The van der Waals surface area contributed by atoms with Crippen molar-refractivity contribution in [2.75, 3.05) is 12.0 Å². The van der Waals surface area contributed by atoms with Gasteiger partial charge in [0.15, 0.2) is 0 Å². The molecule has 0 aliphatic heterocycles.